The number of Topliss-reactive ketones (excluding diaryl/α,β-unsaturated/α-hetero) is 1. The lowest BCUT2D eigenvalue weighted by atomic mass is 9.67. The van der Waals surface area contributed by atoms with Gasteiger partial charge in [-0.2, -0.15) is 0 Å². The topological polar surface area (TPSA) is 58.6 Å². The third-order valence-corrected chi connectivity index (χ3v) is 2.64. The maximum absolute atomic E-state index is 11.7. The van der Waals surface area contributed by atoms with Crippen LogP contribution in [0.15, 0.2) is 6.33 Å². The zero-order valence-electron chi connectivity index (χ0n) is 7.00. The number of hydrogen-bond donors (Lipinski definition) is 1. The lowest BCUT2D eigenvalue weighted by Crippen LogP contribution is -2.35. The molecule has 1 aromatic rings. The van der Waals surface area contributed by atoms with Crippen LogP contribution < -0.4 is 0 Å². The summed E-state index contributed by atoms with van der Waals surface area (Å²) in [5, 5.41) is 7.30. The van der Waals surface area contributed by atoms with E-state index in [0.717, 1.165) is 19.3 Å². The SMILES string of the molecule is CC1(C(=O)c2nnc[nH]2)CCC1. The molecule has 1 N–H and O–H groups in total. The molecule has 0 atom stereocenters. The van der Waals surface area contributed by atoms with Crippen molar-refractivity contribution < 1.29 is 4.79 Å². The molecule has 1 aliphatic rings. The van der Waals surface area contributed by atoms with Gasteiger partial charge in [-0.3, -0.25) is 4.79 Å². The number of nitrogens with zero attached hydrogens (tertiary/aromatic N) is 2. The Balaban J connectivity index is 2.20. The Bertz CT molecular complexity index is 287. The molecule has 2 rings (SSSR count). The summed E-state index contributed by atoms with van der Waals surface area (Å²) in [4.78, 5) is 14.4. The zero-order chi connectivity index (χ0) is 8.60. The van der Waals surface area contributed by atoms with Crippen molar-refractivity contribution in [3.8, 4) is 0 Å². The third kappa shape index (κ3) is 0.948. The van der Waals surface area contributed by atoms with Gasteiger partial charge in [0.2, 0.25) is 5.78 Å². The summed E-state index contributed by atoms with van der Waals surface area (Å²) < 4.78 is 0. The van der Waals surface area contributed by atoms with Crippen molar-refractivity contribution in [1.82, 2.24) is 15.2 Å². The quantitative estimate of drug-likeness (QED) is 0.669. The molecule has 12 heavy (non-hydrogen) atoms. The molecule has 1 fully saturated rings. The van der Waals surface area contributed by atoms with Gasteiger partial charge in [-0.15, -0.1) is 10.2 Å². The molecule has 0 aromatic carbocycles. The van der Waals surface area contributed by atoms with Crippen molar-refractivity contribution in [3.63, 3.8) is 0 Å². The average molecular weight is 165 g/mol. The molecule has 0 spiro atoms. The van der Waals surface area contributed by atoms with E-state index < -0.39 is 0 Å². The van der Waals surface area contributed by atoms with Crippen molar-refractivity contribution in [2.24, 2.45) is 5.41 Å². The summed E-state index contributed by atoms with van der Waals surface area (Å²) in [6.45, 7) is 1.99. The van der Waals surface area contributed by atoms with E-state index in [1.807, 2.05) is 6.92 Å². The van der Waals surface area contributed by atoms with E-state index in [4.69, 9.17) is 0 Å². The molecule has 1 saturated carbocycles. The molecular formula is C8H11N3O. The molecule has 1 heterocycles. The molecule has 1 aliphatic carbocycles. The first-order valence-electron chi connectivity index (χ1n) is 4.13. The predicted octanol–water partition coefficient (Wildman–Crippen LogP) is 1.18. The second-order valence-electron chi connectivity index (χ2n) is 3.58. The van der Waals surface area contributed by atoms with Gasteiger partial charge in [0.05, 0.1) is 0 Å². The Morgan fingerprint density at radius 3 is 2.83 bits per heavy atom. The first kappa shape index (κ1) is 7.46. The number of nitrogens with one attached hydrogen (secondary N) is 1. The van der Waals surface area contributed by atoms with Crippen molar-refractivity contribution in [1.29, 1.82) is 0 Å². The highest BCUT2D eigenvalue weighted by Gasteiger charge is 2.40. The Morgan fingerprint density at radius 1 is 1.67 bits per heavy atom. The number of H-pyrrole nitrogens is 1. The fourth-order valence-corrected chi connectivity index (χ4v) is 1.54. The molecule has 4 nitrogen and oxygen atoms in total. The Labute approximate surface area is 70.4 Å². The number of carbonyl (C=O) groups is 1. The number of hydrogen-bond acceptors (Lipinski definition) is 3. The molecule has 4 heteroatoms. The lowest BCUT2D eigenvalue weighted by molar-refractivity contribution is 0.0652. The Morgan fingerprint density at radius 2 is 2.42 bits per heavy atom. The van der Waals surface area contributed by atoms with Gasteiger partial charge in [0.25, 0.3) is 0 Å². The summed E-state index contributed by atoms with van der Waals surface area (Å²) in [7, 11) is 0. The van der Waals surface area contributed by atoms with Gasteiger partial charge in [-0.1, -0.05) is 13.3 Å². The molecule has 0 aliphatic heterocycles. The maximum Gasteiger partial charge on any atom is 0.205 e. The van der Waals surface area contributed by atoms with Gasteiger partial charge < -0.3 is 4.98 Å². The Kier molecular flexibility index (Phi) is 1.49. The fraction of sp³-hybridized carbons (Fsp3) is 0.625. The van der Waals surface area contributed by atoms with E-state index in [-0.39, 0.29) is 11.2 Å². The number of ketones is 1. The van der Waals surface area contributed by atoms with Crippen LogP contribution in [0, 0.1) is 5.41 Å². The predicted molar refractivity (Wildman–Crippen MR) is 42.7 cm³/mol. The first-order valence-corrected chi connectivity index (χ1v) is 4.13. The van der Waals surface area contributed by atoms with E-state index in [0.29, 0.717) is 5.82 Å². The summed E-state index contributed by atoms with van der Waals surface area (Å²) in [5.41, 5.74) is -0.167. The minimum absolute atomic E-state index is 0.103. The van der Waals surface area contributed by atoms with Crippen LogP contribution >= 0.6 is 0 Å². The van der Waals surface area contributed by atoms with Gasteiger partial charge in [0, 0.05) is 5.41 Å². The minimum Gasteiger partial charge on any atom is -0.325 e. The summed E-state index contributed by atoms with van der Waals surface area (Å²) in [6.07, 6.45) is 4.55. The van der Waals surface area contributed by atoms with Crippen LogP contribution in [0.5, 0.6) is 0 Å². The van der Waals surface area contributed by atoms with Crippen LogP contribution in [-0.2, 0) is 0 Å². The van der Waals surface area contributed by atoms with Crippen molar-refractivity contribution in [3.05, 3.63) is 12.2 Å². The molecule has 0 bridgehead atoms. The summed E-state index contributed by atoms with van der Waals surface area (Å²) >= 11 is 0. The largest absolute Gasteiger partial charge is 0.325 e. The minimum atomic E-state index is -0.167. The highest BCUT2D eigenvalue weighted by Crippen LogP contribution is 2.42. The van der Waals surface area contributed by atoms with Gasteiger partial charge in [-0.05, 0) is 12.8 Å². The number of aromatic amines is 1. The van der Waals surface area contributed by atoms with Crippen molar-refractivity contribution in [2.45, 2.75) is 26.2 Å². The van der Waals surface area contributed by atoms with Gasteiger partial charge in [0.15, 0.2) is 5.82 Å². The van der Waals surface area contributed by atoms with Crippen LogP contribution in [0.1, 0.15) is 36.8 Å². The monoisotopic (exact) mass is 165 g/mol. The van der Waals surface area contributed by atoms with E-state index in [1.165, 1.54) is 6.33 Å². The third-order valence-electron chi connectivity index (χ3n) is 2.64. The van der Waals surface area contributed by atoms with E-state index >= 15 is 0 Å². The van der Waals surface area contributed by atoms with Crippen molar-refractivity contribution in [2.75, 3.05) is 0 Å². The number of carbonyl (C=O) groups excluding carboxylic acids is 1. The van der Waals surface area contributed by atoms with Gasteiger partial charge in [0.1, 0.15) is 6.33 Å². The maximum atomic E-state index is 11.7. The standard InChI is InChI=1S/C8H11N3O/c1-8(3-2-4-8)6(12)7-9-5-10-11-7/h5H,2-4H2,1H3,(H,9,10,11). The van der Waals surface area contributed by atoms with Gasteiger partial charge in [-0.25, -0.2) is 0 Å². The normalized spacial score (nSPS) is 20.1. The average Bonchev–Trinajstić information content (AvgIpc) is 2.50. The van der Waals surface area contributed by atoms with Crippen LogP contribution in [0.25, 0.3) is 0 Å². The first-order chi connectivity index (χ1) is 5.72. The number of aromatic nitrogens is 3. The van der Waals surface area contributed by atoms with Crippen LogP contribution in [0.4, 0.5) is 0 Å². The second-order valence-corrected chi connectivity index (χ2v) is 3.58. The Hall–Kier alpha value is -1.19. The summed E-state index contributed by atoms with van der Waals surface area (Å²) in [5.74, 6) is 0.503. The molecule has 0 radical (unpaired) electrons. The van der Waals surface area contributed by atoms with Crippen molar-refractivity contribution >= 4 is 5.78 Å². The highest BCUT2D eigenvalue weighted by atomic mass is 16.1. The molecule has 0 amide bonds. The van der Waals surface area contributed by atoms with Crippen LogP contribution in [0.2, 0.25) is 0 Å². The molecule has 0 saturated heterocycles. The second kappa shape index (κ2) is 2.40. The highest BCUT2D eigenvalue weighted by molar-refractivity contribution is 5.97. The summed E-state index contributed by atoms with van der Waals surface area (Å²) in [6, 6.07) is 0. The van der Waals surface area contributed by atoms with E-state index in [1.54, 1.807) is 0 Å². The van der Waals surface area contributed by atoms with Gasteiger partial charge >= 0.3 is 0 Å². The molecule has 1 aromatic heterocycles. The molecule has 64 valence electrons. The van der Waals surface area contributed by atoms with E-state index in [2.05, 4.69) is 15.2 Å². The zero-order valence-corrected chi connectivity index (χ0v) is 7.00. The smallest absolute Gasteiger partial charge is 0.205 e. The molecule has 0 unspecified atom stereocenters. The molecular weight excluding hydrogens is 154 g/mol. The lowest BCUT2D eigenvalue weighted by Gasteiger charge is -2.35. The van der Waals surface area contributed by atoms with Crippen LogP contribution in [0.3, 0.4) is 0 Å². The fourth-order valence-electron chi connectivity index (χ4n) is 1.54. The number of rotatable bonds is 2. The van der Waals surface area contributed by atoms with E-state index in [9.17, 15) is 4.79 Å². The van der Waals surface area contributed by atoms with Crippen LogP contribution in [-0.4, -0.2) is 21.0 Å².